The number of fused-ring (bicyclic) bond motifs is 2. The van der Waals surface area contributed by atoms with Gasteiger partial charge in [0.1, 0.15) is 0 Å². The fourth-order valence-electron chi connectivity index (χ4n) is 2.75. The van der Waals surface area contributed by atoms with Crippen LogP contribution in [-0.2, 0) is 0 Å². The summed E-state index contributed by atoms with van der Waals surface area (Å²) in [5.41, 5.74) is 0.417. The second-order valence-corrected chi connectivity index (χ2v) is 5.16. The maximum Gasteiger partial charge on any atom is 0.0128 e. The second-order valence-electron chi connectivity index (χ2n) is 5.16. The molecule has 0 radical (unpaired) electrons. The lowest BCUT2D eigenvalue weighted by Crippen LogP contribution is -2.45. The molecule has 11 heavy (non-hydrogen) atoms. The molecule has 2 fully saturated rings. The van der Waals surface area contributed by atoms with Crippen LogP contribution in [0.2, 0.25) is 0 Å². The Labute approximate surface area is 69.8 Å². The molecule has 2 atom stereocenters. The van der Waals surface area contributed by atoms with E-state index in [0.29, 0.717) is 5.54 Å². The van der Waals surface area contributed by atoms with Gasteiger partial charge in [0.2, 0.25) is 0 Å². The highest BCUT2D eigenvalue weighted by Gasteiger charge is 2.42. The average molecular weight is 153 g/mol. The van der Waals surface area contributed by atoms with E-state index < -0.39 is 0 Å². The molecule has 0 amide bonds. The van der Waals surface area contributed by atoms with E-state index in [4.69, 9.17) is 0 Å². The number of hydrogen-bond acceptors (Lipinski definition) is 1. The van der Waals surface area contributed by atoms with E-state index in [9.17, 15) is 0 Å². The van der Waals surface area contributed by atoms with Crippen LogP contribution in [0, 0.1) is 5.92 Å². The first-order valence-corrected chi connectivity index (χ1v) is 4.84. The maximum absolute atomic E-state index is 2.70. The molecule has 1 nitrogen and oxygen atoms in total. The van der Waals surface area contributed by atoms with Crippen molar-refractivity contribution in [2.45, 2.75) is 51.6 Å². The van der Waals surface area contributed by atoms with Gasteiger partial charge in [0.05, 0.1) is 0 Å². The Bertz CT molecular complexity index is 157. The molecule has 1 saturated heterocycles. The number of nitrogens with zero attached hydrogens (tertiary/aromatic N) is 1. The molecule has 0 spiro atoms. The van der Waals surface area contributed by atoms with E-state index in [0.717, 1.165) is 12.0 Å². The van der Waals surface area contributed by atoms with Crippen molar-refractivity contribution in [3.8, 4) is 0 Å². The van der Waals surface area contributed by atoms with Gasteiger partial charge in [-0.25, -0.2) is 0 Å². The van der Waals surface area contributed by atoms with Gasteiger partial charge < -0.3 is 0 Å². The van der Waals surface area contributed by atoms with Crippen LogP contribution in [0.25, 0.3) is 0 Å². The van der Waals surface area contributed by atoms with Crippen LogP contribution in [0.5, 0.6) is 0 Å². The summed E-state index contributed by atoms with van der Waals surface area (Å²) in [5.74, 6) is 1.04. The van der Waals surface area contributed by atoms with Crippen LogP contribution in [0.4, 0.5) is 0 Å². The number of rotatable bonds is 0. The molecule has 1 heterocycles. The van der Waals surface area contributed by atoms with E-state index in [1.54, 1.807) is 0 Å². The topological polar surface area (TPSA) is 3.24 Å². The van der Waals surface area contributed by atoms with Gasteiger partial charge in [-0.2, -0.15) is 0 Å². The van der Waals surface area contributed by atoms with Gasteiger partial charge in [-0.1, -0.05) is 0 Å². The lowest BCUT2D eigenvalue weighted by Gasteiger charge is -2.38. The van der Waals surface area contributed by atoms with Gasteiger partial charge >= 0.3 is 0 Å². The lowest BCUT2D eigenvalue weighted by molar-refractivity contribution is 0.0974. The fourth-order valence-corrected chi connectivity index (χ4v) is 2.75. The monoisotopic (exact) mass is 153 g/mol. The van der Waals surface area contributed by atoms with E-state index in [-0.39, 0.29) is 0 Å². The lowest BCUT2D eigenvalue weighted by atomic mass is 10.0. The highest BCUT2D eigenvalue weighted by atomic mass is 15.2. The maximum atomic E-state index is 2.70. The van der Waals surface area contributed by atoms with Crippen LogP contribution < -0.4 is 0 Å². The van der Waals surface area contributed by atoms with Gasteiger partial charge in [-0.05, 0) is 46.0 Å². The molecule has 0 N–H and O–H groups in total. The smallest absolute Gasteiger partial charge is 0.0128 e. The minimum absolute atomic E-state index is 0.417. The molecule has 1 heteroatoms. The third-order valence-corrected chi connectivity index (χ3v) is 3.27. The molecule has 1 saturated carbocycles. The zero-order chi connectivity index (χ0) is 8.06. The average Bonchev–Trinajstić information content (AvgIpc) is 2.42. The van der Waals surface area contributed by atoms with Crippen LogP contribution >= 0.6 is 0 Å². The van der Waals surface area contributed by atoms with E-state index >= 15 is 0 Å². The fraction of sp³-hybridized carbons (Fsp3) is 1.00. The standard InChI is InChI=1S/C10H19N/c1-10(2,3)11-7-8-4-5-9(11)6-8/h8-9H,4-7H2,1-3H3. The first-order chi connectivity index (χ1) is 5.07. The van der Waals surface area contributed by atoms with Crippen molar-refractivity contribution in [2.24, 2.45) is 5.92 Å². The summed E-state index contributed by atoms with van der Waals surface area (Å²) < 4.78 is 0. The van der Waals surface area contributed by atoms with Crippen molar-refractivity contribution < 1.29 is 0 Å². The third-order valence-electron chi connectivity index (χ3n) is 3.27. The molecule has 1 aliphatic heterocycles. The molecule has 2 unspecified atom stereocenters. The number of hydrogen-bond donors (Lipinski definition) is 0. The first-order valence-electron chi connectivity index (χ1n) is 4.84. The summed E-state index contributed by atoms with van der Waals surface area (Å²) in [6, 6.07) is 0.931. The Morgan fingerprint density at radius 3 is 2.18 bits per heavy atom. The van der Waals surface area contributed by atoms with Gasteiger partial charge in [0.25, 0.3) is 0 Å². The van der Waals surface area contributed by atoms with Crippen LogP contribution in [0.3, 0.4) is 0 Å². The summed E-state index contributed by atoms with van der Waals surface area (Å²) in [5, 5.41) is 0. The van der Waals surface area contributed by atoms with E-state index in [1.165, 1.54) is 25.8 Å². The summed E-state index contributed by atoms with van der Waals surface area (Å²) in [4.78, 5) is 2.70. The van der Waals surface area contributed by atoms with Gasteiger partial charge in [-0.3, -0.25) is 4.90 Å². The van der Waals surface area contributed by atoms with Crippen LogP contribution in [0.15, 0.2) is 0 Å². The zero-order valence-corrected chi connectivity index (χ0v) is 7.93. The molecule has 0 aromatic rings. The predicted molar refractivity (Wildman–Crippen MR) is 47.6 cm³/mol. The Kier molecular flexibility index (Phi) is 1.54. The molecule has 2 bridgehead atoms. The largest absolute Gasteiger partial charge is 0.295 e. The first kappa shape index (κ1) is 7.60. The number of piperidine rings is 1. The minimum Gasteiger partial charge on any atom is -0.295 e. The van der Waals surface area contributed by atoms with Crippen molar-refractivity contribution in [3.63, 3.8) is 0 Å². The quantitative estimate of drug-likeness (QED) is 0.516. The Morgan fingerprint density at radius 1 is 1.18 bits per heavy atom. The van der Waals surface area contributed by atoms with E-state index in [2.05, 4.69) is 25.7 Å². The predicted octanol–water partition coefficient (Wildman–Crippen LogP) is 2.27. The molecule has 0 aromatic heterocycles. The molecule has 2 aliphatic rings. The van der Waals surface area contributed by atoms with Crippen molar-refractivity contribution >= 4 is 0 Å². The molecule has 2 rings (SSSR count). The van der Waals surface area contributed by atoms with Crippen molar-refractivity contribution in [1.29, 1.82) is 0 Å². The Morgan fingerprint density at radius 2 is 1.91 bits per heavy atom. The van der Waals surface area contributed by atoms with Gasteiger partial charge in [0.15, 0.2) is 0 Å². The second kappa shape index (κ2) is 2.22. The molecule has 64 valence electrons. The van der Waals surface area contributed by atoms with E-state index in [1.807, 2.05) is 0 Å². The van der Waals surface area contributed by atoms with Crippen LogP contribution in [0.1, 0.15) is 40.0 Å². The summed E-state index contributed by atoms with van der Waals surface area (Å²) in [7, 11) is 0. The molecule has 1 aliphatic carbocycles. The normalized spacial score (nSPS) is 38.5. The SMILES string of the molecule is CC(C)(C)N1CC2CCC1C2. The number of likely N-dealkylation sites (tertiary alicyclic amines) is 1. The highest BCUT2D eigenvalue weighted by Crippen LogP contribution is 2.40. The summed E-state index contributed by atoms with van der Waals surface area (Å²) >= 11 is 0. The Balaban J connectivity index is 2.08. The van der Waals surface area contributed by atoms with Crippen molar-refractivity contribution in [1.82, 2.24) is 4.90 Å². The van der Waals surface area contributed by atoms with Gasteiger partial charge in [0, 0.05) is 18.1 Å². The molecular formula is C10H19N. The van der Waals surface area contributed by atoms with Crippen molar-refractivity contribution in [3.05, 3.63) is 0 Å². The zero-order valence-electron chi connectivity index (χ0n) is 7.93. The summed E-state index contributed by atoms with van der Waals surface area (Å²) in [6.07, 6.45) is 4.44. The Hall–Kier alpha value is -0.0400. The van der Waals surface area contributed by atoms with Crippen molar-refractivity contribution in [2.75, 3.05) is 6.54 Å². The molecule has 0 aromatic carbocycles. The summed E-state index contributed by atoms with van der Waals surface area (Å²) in [6.45, 7) is 8.39. The third kappa shape index (κ3) is 1.20. The van der Waals surface area contributed by atoms with Crippen LogP contribution in [-0.4, -0.2) is 23.0 Å². The van der Waals surface area contributed by atoms with Gasteiger partial charge in [-0.15, -0.1) is 0 Å². The molecular weight excluding hydrogens is 134 g/mol. The minimum atomic E-state index is 0.417. The highest BCUT2D eigenvalue weighted by molar-refractivity contribution is 4.96.